The molecule has 0 N–H and O–H groups in total. The molecular formula is C26H25F5O4S2. The number of alkyl halides is 5. The number of ether oxygens (including phenoxy) is 1. The Labute approximate surface area is 215 Å². The van der Waals surface area contributed by atoms with E-state index in [1.54, 1.807) is 0 Å². The van der Waals surface area contributed by atoms with Crippen molar-refractivity contribution in [1.29, 1.82) is 0 Å². The molecule has 4 nitrogen and oxygen atoms in total. The molecule has 0 aliphatic rings. The van der Waals surface area contributed by atoms with Gasteiger partial charge in [-0.2, -0.15) is 22.0 Å². The first-order chi connectivity index (χ1) is 16.9. The van der Waals surface area contributed by atoms with Gasteiger partial charge in [-0.15, -0.1) is 0 Å². The molecule has 3 aromatic carbocycles. The van der Waals surface area contributed by atoms with Crippen molar-refractivity contribution in [2.75, 3.05) is 0 Å². The highest BCUT2D eigenvalue weighted by molar-refractivity contribution is 7.97. The molecule has 0 radical (unpaired) electrons. The maximum atomic E-state index is 13.8. The van der Waals surface area contributed by atoms with Gasteiger partial charge >= 0.3 is 11.4 Å². The quantitative estimate of drug-likeness (QED) is 0.180. The summed E-state index contributed by atoms with van der Waals surface area (Å²) in [6.45, 7) is 8.17. The monoisotopic (exact) mass is 560 g/mol. The van der Waals surface area contributed by atoms with Gasteiger partial charge in [0.25, 0.3) is 6.10 Å². The molecule has 0 bridgehead atoms. The van der Waals surface area contributed by atoms with Gasteiger partial charge in [-0.3, -0.25) is 0 Å². The second kappa shape index (κ2) is 10.3. The molecule has 0 saturated carbocycles. The highest BCUT2D eigenvalue weighted by Crippen LogP contribution is 2.39. The van der Waals surface area contributed by atoms with Crippen molar-refractivity contribution in [3.63, 3.8) is 0 Å². The molecule has 2 atom stereocenters. The third-order valence-electron chi connectivity index (χ3n) is 5.46. The molecule has 11 heteroatoms. The number of rotatable bonds is 7. The predicted octanol–water partition coefficient (Wildman–Crippen LogP) is 6.84. The molecule has 0 heterocycles. The molecule has 0 amide bonds. The van der Waals surface area contributed by atoms with Crippen LogP contribution in [0, 0.1) is 6.92 Å². The fraction of sp³-hybridized carbons (Fsp3) is 0.308. The number of hydrogen-bond acceptors (Lipinski definition) is 4. The van der Waals surface area contributed by atoms with E-state index in [0.29, 0.717) is 4.90 Å². The number of aryl methyl sites for hydroxylation is 1. The Morgan fingerprint density at radius 1 is 0.757 bits per heavy atom. The minimum absolute atomic E-state index is 0.0748. The van der Waals surface area contributed by atoms with Crippen LogP contribution in [0.2, 0.25) is 0 Å². The molecular weight excluding hydrogens is 535 g/mol. The van der Waals surface area contributed by atoms with Crippen molar-refractivity contribution in [3.05, 3.63) is 83.9 Å². The van der Waals surface area contributed by atoms with Crippen LogP contribution in [0.25, 0.3) is 0 Å². The Balaban J connectivity index is 2.01. The van der Waals surface area contributed by atoms with Crippen molar-refractivity contribution in [2.24, 2.45) is 0 Å². The van der Waals surface area contributed by atoms with Crippen molar-refractivity contribution < 1.29 is 39.7 Å². The van der Waals surface area contributed by atoms with E-state index in [2.05, 4.69) is 25.5 Å². The maximum absolute atomic E-state index is 13.8. The van der Waals surface area contributed by atoms with Gasteiger partial charge in [-0.1, -0.05) is 50.6 Å². The lowest BCUT2D eigenvalue weighted by Gasteiger charge is -2.30. The van der Waals surface area contributed by atoms with Crippen LogP contribution in [0.4, 0.5) is 22.0 Å². The second-order valence-corrected chi connectivity index (χ2v) is 12.9. The Morgan fingerprint density at radius 3 is 1.54 bits per heavy atom. The van der Waals surface area contributed by atoms with E-state index in [9.17, 15) is 34.9 Å². The SMILES string of the molecule is Cc1ccc([S+](c2ccc(OC(C(F)(F)F)C(F)(F)S(=O)(=O)[O-])cc2)c2ccc(C(C)(C)C)cc2)cc1. The summed E-state index contributed by atoms with van der Waals surface area (Å²) in [6.07, 6.45) is -9.98. The highest BCUT2D eigenvalue weighted by Gasteiger charge is 2.62. The van der Waals surface area contributed by atoms with Crippen LogP contribution in [0.1, 0.15) is 31.9 Å². The van der Waals surface area contributed by atoms with Crippen molar-refractivity contribution in [2.45, 2.75) is 65.3 Å². The fourth-order valence-corrected chi connectivity index (χ4v) is 5.91. The molecule has 0 aromatic heterocycles. The molecule has 3 aromatic rings. The maximum Gasteiger partial charge on any atom is 0.432 e. The summed E-state index contributed by atoms with van der Waals surface area (Å²) >= 11 is 0. The lowest BCUT2D eigenvalue weighted by molar-refractivity contribution is -0.239. The molecule has 3 rings (SSSR count). The van der Waals surface area contributed by atoms with E-state index in [4.69, 9.17) is 0 Å². The summed E-state index contributed by atoms with van der Waals surface area (Å²) in [5.74, 6) is -0.662. The van der Waals surface area contributed by atoms with Gasteiger partial charge in [-0.05, 0) is 66.4 Å². The van der Waals surface area contributed by atoms with E-state index in [-0.39, 0.29) is 5.41 Å². The normalized spacial score (nSPS) is 14.8. The number of benzene rings is 3. The number of halogens is 5. The van der Waals surface area contributed by atoms with E-state index in [1.807, 2.05) is 55.5 Å². The first kappa shape index (κ1) is 28.9. The molecule has 2 unspecified atom stereocenters. The highest BCUT2D eigenvalue weighted by atomic mass is 32.2. The minimum atomic E-state index is -6.64. The Morgan fingerprint density at radius 2 is 1.16 bits per heavy atom. The van der Waals surface area contributed by atoms with Gasteiger partial charge in [0, 0.05) is 0 Å². The summed E-state index contributed by atoms with van der Waals surface area (Å²) in [7, 11) is -7.34. The molecule has 200 valence electrons. The average molecular weight is 561 g/mol. The van der Waals surface area contributed by atoms with Crippen molar-refractivity contribution in [3.8, 4) is 5.75 Å². The number of hydrogen-bond donors (Lipinski definition) is 0. The molecule has 0 aliphatic heterocycles. The van der Waals surface area contributed by atoms with E-state index >= 15 is 0 Å². The van der Waals surface area contributed by atoms with E-state index in [1.165, 1.54) is 12.1 Å². The van der Waals surface area contributed by atoms with E-state index in [0.717, 1.165) is 33.1 Å². The Hall–Kier alpha value is -2.63. The van der Waals surface area contributed by atoms with Crippen LogP contribution in [0.15, 0.2) is 87.5 Å². The van der Waals surface area contributed by atoms with Gasteiger partial charge in [-0.25, -0.2) is 8.42 Å². The minimum Gasteiger partial charge on any atom is -0.743 e. The van der Waals surface area contributed by atoms with Gasteiger partial charge < -0.3 is 9.29 Å². The first-order valence-electron chi connectivity index (χ1n) is 11.0. The second-order valence-electron chi connectivity index (χ2n) is 9.42. The van der Waals surface area contributed by atoms with Crippen molar-refractivity contribution in [1.82, 2.24) is 0 Å². The summed E-state index contributed by atoms with van der Waals surface area (Å²) in [5.41, 5.74) is 2.07. The average Bonchev–Trinajstić information content (AvgIpc) is 2.78. The Kier molecular flexibility index (Phi) is 8.03. The van der Waals surface area contributed by atoms with Crippen LogP contribution < -0.4 is 4.74 Å². The molecule has 0 fully saturated rings. The van der Waals surface area contributed by atoms with Crippen molar-refractivity contribution >= 4 is 21.0 Å². The lowest BCUT2D eigenvalue weighted by atomic mass is 9.87. The zero-order chi connectivity index (χ0) is 27.8. The molecule has 0 spiro atoms. The van der Waals surface area contributed by atoms with Gasteiger partial charge in [0.2, 0.25) is 0 Å². The van der Waals surface area contributed by atoms with Gasteiger partial charge in [0.15, 0.2) is 24.8 Å². The summed E-state index contributed by atoms with van der Waals surface area (Å²) in [6, 6.07) is 20.6. The zero-order valence-corrected chi connectivity index (χ0v) is 22.0. The third-order valence-corrected chi connectivity index (χ3v) is 8.57. The Bertz CT molecular complexity index is 1310. The predicted molar refractivity (Wildman–Crippen MR) is 130 cm³/mol. The van der Waals surface area contributed by atoms with Crippen LogP contribution >= 0.6 is 0 Å². The van der Waals surface area contributed by atoms with Crippen LogP contribution in [-0.2, 0) is 26.4 Å². The topological polar surface area (TPSA) is 66.4 Å². The molecule has 0 aliphatic carbocycles. The van der Waals surface area contributed by atoms with Gasteiger partial charge in [0.05, 0.1) is 10.9 Å². The lowest BCUT2D eigenvalue weighted by Crippen LogP contribution is -2.53. The third kappa shape index (κ3) is 6.63. The summed E-state index contributed by atoms with van der Waals surface area (Å²) in [4.78, 5) is 2.49. The smallest absolute Gasteiger partial charge is 0.432 e. The standard InChI is InChI=1S/C26H25F5O4S2/c1-17-5-11-20(12-6-17)36(21-13-7-18(8-14-21)24(2,3)4)22-15-9-19(10-16-22)35-23(25(27,28)29)26(30,31)37(32,33)34/h5-16,23H,1-4H3. The molecule has 0 saturated heterocycles. The van der Waals surface area contributed by atoms with Crippen LogP contribution in [0.3, 0.4) is 0 Å². The summed E-state index contributed by atoms with van der Waals surface area (Å²) in [5, 5.41) is -5.72. The first-order valence-corrected chi connectivity index (χ1v) is 13.6. The fourth-order valence-electron chi connectivity index (χ4n) is 3.42. The summed E-state index contributed by atoms with van der Waals surface area (Å²) < 4.78 is 104. The zero-order valence-electron chi connectivity index (χ0n) is 20.3. The van der Waals surface area contributed by atoms with Crippen LogP contribution in [-0.4, -0.2) is 30.5 Å². The molecule has 37 heavy (non-hydrogen) atoms. The van der Waals surface area contributed by atoms with Gasteiger partial charge in [0.1, 0.15) is 5.75 Å². The van der Waals surface area contributed by atoms with E-state index < -0.39 is 44.3 Å². The largest absolute Gasteiger partial charge is 0.743 e. The van der Waals surface area contributed by atoms with Crippen LogP contribution in [0.5, 0.6) is 5.75 Å².